The van der Waals surface area contributed by atoms with Crippen LogP contribution in [0.2, 0.25) is 0 Å². The number of aromatic nitrogens is 4. The molecule has 4 rings (SSSR count). The number of ether oxygens (including phenoxy) is 1. The standard InChI is InChI=1S/C19H25N5O2S/c25-17(21-15-4-1-2-5-15)13-27-19-23-22-18(14-7-9-20-10-8-14)24(19)12-16-6-3-11-26-16/h7-10,15-16H,1-6,11-13H2,(H,21,25). The zero-order valence-electron chi connectivity index (χ0n) is 15.3. The Bertz CT molecular complexity index is 755. The van der Waals surface area contributed by atoms with Crippen molar-refractivity contribution >= 4 is 17.7 Å². The van der Waals surface area contributed by atoms with Crippen molar-refractivity contribution < 1.29 is 9.53 Å². The van der Waals surface area contributed by atoms with Gasteiger partial charge in [0.2, 0.25) is 5.91 Å². The van der Waals surface area contributed by atoms with E-state index >= 15 is 0 Å². The highest BCUT2D eigenvalue weighted by molar-refractivity contribution is 7.99. The van der Waals surface area contributed by atoms with E-state index < -0.39 is 0 Å². The van der Waals surface area contributed by atoms with Crippen LogP contribution in [0.5, 0.6) is 0 Å². The van der Waals surface area contributed by atoms with E-state index in [1.165, 1.54) is 24.6 Å². The molecule has 0 radical (unpaired) electrons. The van der Waals surface area contributed by atoms with E-state index in [9.17, 15) is 4.79 Å². The second kappa shape index (κ2) is 8.84. The Morgan fingerprint density at radius 2 is 2.00 bits per heavy atom. The molecule has 2 aromatic rings. The molecule has 2 aromatic heterocycles. The van der Waals surface area contributed by atoms with Crippen LogP contribution in [-0.2, 0) is 16.1 Å². The first-order chi connectivity index (χ1) is 13.3. The monoisotopic (exact) mass is 387 g/mol. The first-order valence-corrected chi connectivity index (χ1v) is 10.7. The molecule has 144 valence electrons. The lowest BCUT2D eigenvalue weighted by Gasteiger charge is -2.15. The SMILES string of the molecule is O=C(CSc1nnc(-c2ccncc2)n1CC1CCCO1)NC1CCCC1. The van der Waals surface area contributed by atoms with Gasteiger partial charge in [-0.25, -0.2) is 0 Å². The van der Waals surface area contributed by atoms with Gasteiger partial charge in [0, 0.05) is 30.6 Å². The number of nitrogens with one attached hydrogen (secondary N) is 1. The van der Waals surface area contributed by atoms with Crippen molar-refractivity contribution in [3.8, 4) is 11.4 Å². The van der Waals surface area contributed by atoms with Gasteiger partial charge in [0.25, 0.3) is 0 Å². The van der Waals surface area contributed by atoms with Crippen molar-refractivity contribution in [2.45, 2.75) is 62.4 Å². The Kier molecular flexibility index (Phi) is 6.03. The third kappa shape index (κ3) is 4.68. The Morgan fingerprint density at radius 3 is 2.74 bits per heavy atom. The van der Waals surface area contributed by atoms with Crippen LogP contribution in [0.15, 0.2) is 29.7 Å². The Labute approximate surface area is 163 Å². The molecule has 0 spiro atoms. The van der Waals surface area contributed by atoms with Crippen LogP contribution >= 0.6 is 11.8 Å². The van der Waals surface area contributed by atoms with E-state index in [-0.39, 0.29) is 12.0 Å². The third-order valence-electron chi connectivity index (χ3n) is 5.12. The zero-order valence-corrected chi connectivity index (χ0v) is 16.2. The molecule has 1 saturated carbocycles. The quantitative estimate of drug-likeness (QED) is 0.736. The van der Waals surface area contributed by atoms with Crippen molar-refractivity contribution in [1.82, 2.24) is 25.1 Å². The Balaban J connectivity index is 1.47. The fourth-order valence-corrected chi connectivity index (χ4v) is 4.50. The molecule has 1 aliphatic heterocycles. The van der Waals surface area contributed by atoms with Crippen molar-refractivity contribution in [2.75, 3.05) is 12.4 Å². The molecule has 3 heterocycles. The number of pyridine rings is 1. The summed E-state index contributed by atoms with van der Waals surface area (Å²) in [6.45, 7) is 1.51. The van der Waals surface area contributed by atoms with Gasteiger partial charge in [-0.2, -0.15) is 0 Å². The predicted octanol–water partition coefficient (Wildman–Crippen LogP) is 2.67. The lowest BCUT2D eigenvalue weighted by molar-refractivity contribution is -0.119. The summed E-state index contributed by atoms with van der Waals surface area (Å²) < 4.78 is 7.89. The first-order valence-electron chi connectivity index (χ1n) is 9.67. The molecule has 7 nitrogen and oxygen atoms in total. The van der Waals surface area contributed by atoms with Gasteiger partial charge < -0.3 is 10.1 Å². The minimum atomic E-state index is 0.0732. The highest BCUT2D eigenvalue weighted by Gasteiger charge is 2.23. The number of carbonyl (C=O) groups is 1. The smallest absolute Gasteiger partial charge is 0.230 e. The van der Waals surface area contributed by atoms with Gasteiger partial charge in [0.05, 0.1) is 18.4 Å². The van der Waals surface area contributed by atoms with Gasteiger partial charge in [-0.05, 0) is 37.8 Å². The number of thioether (sulfide) groups is 1. The number of rotatable bonds is 7. The van der Waals surface area contributed by atoms with E-state index in [2.05, 4.69) is 25.1 Å². The maximum Gasteiger partial charge on any atom is 0.230 e. The summed E-state index contributed by atoms with van der Waals surface area (Å²) in [5, 5.41) is 12.6. The van der Waals surface area contributed by atoms with E-state index in [1.54, 1.807) is 12.4 Å². The molecular weight excluding hydrogens is 362 g/mol. The third-order valence-corrected chi connectivity index (χ3v) is 6.08. The van der Waals surface area contributed by atoms with E-state index in [0.717, 1.165) is 48.8 Å². The highest BCUT2D eigenvalue weighted by Crippen LogP contribution is 2.26. The molecular formula is C19H25N5O2S. The minimum absolute atomic E-state index is 0.0732. The molecule has 1 N–H and O–H groups in total. The minimum Gasteiger partial charge on any atom is -0.376 e. The van der Waals surface area contributed by atoms with Crippen LogP contribution in [0.3, 0.4) is 0 Å². The van der Waals surface area contributed by atoms with Gasteiger partial charge in [0.15, 0.2) is 11.0 Å². The summed E-state index contributed by atoms with van der Waals surface area (Å²) in [7, 11) is 0. The molecule has 2 aliphatic rings. The van der Waals surface area contributed by atoms with Gasteiger partial charge >= 0.3 is 0 Å². The molecule has 8 heteroatoms. The first kappa shape index (κ1) is 18.4. The van der Waals surface area contributed by atoms with E-state index in [4.69, 9.17) is 4.74 Å². The van der Waals surface area contributed by atoms with Crippen molar-refractivity contribution in [3.05, 3.63) is 24.5 Å². The number of hydrogen-bond acceptors (Lipinski definition) is 6. The molecule has 1 aliphatic carbocycles. The summed E-state index contributed by atoms with van der Waals surface area (Å²) in [4.78, 5) is 16.4. The molecule has 0 bridgehead atoms. The lowest BCUT2D eigenvalue weighted by atomic mass is 10.2. The van der Waals surface area contributed by atoms with Crippen LogP contribution in [0, 0.1) is 0 Å². The maximum absolute atomic E-state index is 12.3. The zero-order chi connectivity index (χ0) is 18.5. The number of hydrogen-bond donors (Lipinski definition) is 1. The van der Waals surface area contributed by atoms with Crippen LogP contribution in [0.1, 0.15) is 38.5 Å². The molecule has 0 aromatic carbocycles. The molecule has 2 fully saturated rings. The van der Waals surface area contributed by atoms with Gasteiger partial charge in [-0.3, -0.25) is 14.3 Å². The molecule has 1 amide bonds. The van der Waals surface area contributed by atoms with Crippen LogP contribution in [-0.4, -0.2) is 50.2 Å². The topological polar surface area (TPSA) is 81.9 Å². The second-order valence-corrected chi connectivity index (χ2v) is 8.07. The maximum atomic E-state index is 12.3. The average Bonchev–Trinajstić information content (AvgIpc) is 3.44. The lowest BCUT2D eigenvalue weighted by Crippen LogP contribution is -2.33. The fraction of sp³-hybridized carbons (Fsp3) is 0.579. The van der Waals surface area contributed by atoms with Crippen LogP contribution in [0.25, 0.3) is 11.4 Å². The summed E-state index contributed by atoms with van der Waals surface area (Å²) in [5.74, 6) is 1.23. The number of nitrogens with zero attached hydrogens (tertiary/aromatic N) is 4. The molecule has 1 atom stereocenters. The summed E-state index contributed by atoms with van der Waals surface area (Å²) in [5.41, 5.74) is 0.970. The molecule has 27 heavy (non-hydrogen) atoms. The number of carbonyl (C=O) groups excluding carboxylic acids is 1. The highest BCUT2D eigenvalue weighted by atomic mass is 32.2. The summed E-state index contributed by atoms with van der Waals surface area (Å²) in [6.07, 6.45) is 10.4. The fourth-order valence-electron chi connectivity index (χ4n) is 3.74. The Morgan fingerprint density at radius 1 is 1.19 bits per heavy atom. The van der Waals surface area contributed by atoms with Gasteiger partial charge in [0.1, 0.15) is 0 Å². The summed E-state index contributed by atoms with van der Waals surface area (Å²) in [6, 6.07) is 4.20. The van der Waals surface area contributed by atoms with E-state index in [0.29, 0.717) is 18.3 Å². The number of amides is 1. The van der Waals surface area contributed by atoms with Crippen LogP contribution < -0.4 is 5.32 Å². The predicted molar refractivity (Wildman–Crippen MR) is 103 cm³/mol. The Hall–Kier alpha value is -1.93. The van der Waals surface area contributed by atoms with E-state index in [1.807, 2.05) is 12.1 Å². The van der Waals surface area contributed by atoms with Gasteiger partial charge in [-0.15, -0.1) is 10.2 Å². The summed E-state index contributed by atoms with van der Waals surface area (Å²) >= 11 is 1.44. The molecule has 1 unspecified atom stereocenters. The second-order valence-electron chi connectivity index (χ2n) is 7.13. The average molecular weight is 388 g/mol. The van der Waals surface area contributed by atoms with Gasteiger partial charge in [-0.1, -0.05) is 24.6 Å². The van der Waals surface area contributed by atoms with Crippen molar-refractivity contribution in [1.29, 1.82) is 0 Å². The van der Waals surface area contributed by atoms with Crippen molar-refractivity contribution in [3.63, 3.8) is 0 Å². The molecule has 1 saturated heterocycles. The largest absolute Gasteiger partial charge is 0.376 e. The van der Waals surface area contributed by atoms with Crippen LogP contribution in [0.4, 0.5) is 0 Å². The normalized spacial score (nSPS) is 20.2. The van der Waals surface area contributed by atoms with Crippen molar-refractivity contribution in [2.24, 2.45) is 0 Å².